The third-order valence-electron chi connectivity index (χ3n) is 3.53. The summed E-state index contributed by atoms with van der Waals surface area (Å²) in [5.74, 6) is 0.360. The number of rotatable bonds is 4. The second-order valence-corrected chi connectivity index (χ2v) is 5.36. The first-order valence-electron chi connectivity index (χ1n) is 6.50. The van der Waals surface area contributed by atoms with Gasteiger partial charge < -0.3 is 5.32 Å². The van der Waals surface area contributed by atoms with Crippen molar-refractivity contribution in [3.63, 3.8) is 0 Å². The molecule has 2 unspecified atom stereocenters. The summed E-state index contributed by atoms with van der Waals surface area (Å²) in [6.07, 6.45) is 8.10. The molecule has 0 radical (unpaired) electrons. The van der Waals surface area contributed by atoms with Crippen LogP contribution in [0, 0.1) is 11.7 Å². The van der Waals surface area contributed by atoms with E-state index in [2.05, 4.69) is 24.4 Å². The summed E-state index contributed by atoms with van der Waals surface area (Å²) < 4.78 is 13.1. The Bertz CT molecular complexity index is 431. The van der Waals surface area contributed by atoms with Crippen molar-refractivity contribution >= 4 is 11.6 Å². The third-order valence-corrected chi connectivity index (χ3v) is 3.82. The molecular weight excluding hydrogens is 249 g/mol. The summed E-state index contributed by atoms with van der Waals surface area (Å²) in [6.45, 7) is 3.09. The van der Waals surface area contributed by atoms with Crippen molar-refractivity contribution in [3.05, 3.63) is 46.8 Å². The predicted molar refractivity (Wildman–Crippen MR) is 74.3 cm³/mol. The van der Waals surface area contributed by atoms with E-state index < -0.39 is 0 Å². The average molecular weight is 268 g/mol. The summed E-state index contributed by atoms with van der Waals surface area (Å²) >= 11 is 5.79. The van der Waals surface area contributed by atoms with Gasteiger partial charge in [0.1, 0.15) is 5.82 Å². The van der Waals surface area contributed by atoms with E-state index in [-0.39, 0.29) is 16.9 Å². The van der Waals surface area contributed by atoms with Crippen molar-refractivity contribution < 1.29 is 4.39 Å². The van der Waals surface area contributed by atoms with Crippen LogP contribution in [0.25, 0.3) is 0 Å². The van der Waals surface area contributed by atoms with Gasteiger partial charge in [-0.25, -0.2) is 4.39 Å². The van der Waals surface area contributed by atoms with Crippen molar-refractivity contribution in [1.82, 2.24) is 5.32 Å². The van der Waals surface area contributed by atoms with Crippen LogP contribution in [0.5, 0.6) is 0 Å². The Hall–Kier alpha value is -0.860. The molecule has 3 heteroatoms. The lowest BCUT2D eigenvalue weighted by atomic mass is 9.94. The molecule has 0 aromatic heterocycles. The molecule has 0 heterocycles. The molecule has 2 rings (SSSR count). The van der Waals surface area contributed by atoms with Crippen LogP contribution >= 0.6 is 11.6 Å². The smallest absolute Gasteiger partial charge is 0.141 e. The number of hydrogen-bond acceptors (Lipinski definition) is 1. The molecule has 0 saturated heterocycles. The molecule has 0 spiro atoms. The maximum absolute atomic E-state index is 13.1. The topological polar surface area (TPSA) is 12.0 Å². The fraction of sp³-hybridized carbons (Fsp3) is 0.467. The van der Waals surface area contributed by atoms with E-state index in [0.29, 0.717) is 5.92 Å². The SMILES string of the molecule is CC(NCC1CC=CCC1)c1ccc(F)c(Cl)c1. The largest absolute Gasteiger partial charge is 0.310 e. The van der Waals surface area contributed by atoms with Crippen molar-refractivity contribution in [2.45, 2.75) is 32.2 Å². The fourth-order valence-corrected chi connectivity index (χ4v) is 2.47. The zero-order valence-electron chi connectivity index (χ0n) is 10.6. The van der Waals surface area contributed by atoms with Gasteiger partial charge >= 0.3 is 0 Å². The van der Waals surface area contributed by atoms with Crippen molar-refractivity contribution in [1.29, 1.82) is 0 Å². The summed E-state index contributed by atoms with van der Waals surface area (Å²) in [5.41, 5.74) is 1.03. The molecule has 0 fully saturated rings. The lowest BCUT2D eigenvalue weighted by Gasteiger charge is -2.21. The standard InChI is InChI=1S/C15H19ClFN/c1-11(13-7-8-15(17)14(16)9-13)18-10-12-5-3-2-4-6-12/h2-3,7-9,11-12,18H,4-6,10H2,1H3. The van der Waals surface area contributed by atoms with E-state index in [1.165, 1.54) is 18.9 Å². The fourth-order valence-electron chi connectivity index (χ4n) is 2.28. The molecule has 18 heavy (non-hydrogen) atoms. The van der Waals surface area contributed by atoms with Gasteiger partial charge in [0.25, 0.3) is 0 Å². The first-order valence-corrected chi connectivity index (χ1v) is 6.88. The van der Waals surface area contributed by atoms with Gasteiger partial charge in [-0.3, -0.25) is 0 Å². The molecule has 1 aliphatic rings. The molecule has 0 aliphatic heterocycles. The van der Waals surface area contributed by atoms with Gasteiger partial charge in [0, 0.05) is 6.04 Å². The molecule has 98 valence electrons. The molecule has 1 aromatic carbocycles. The Morgan fingerprint density at radius 1 is 1.44 bits per heavy atom. The minimum atomic E-state index is -0.356. The Labute approximate surface area is 113 Å². The molecule has 0 saturated carbocycles. The van der Waals surface area contributed by atoms with E-state index >= 15 is 0 Å². The van der Waals surface area contributed by atoms with E-state index in [4.69, 9.17) is 11.6 Å². The third kappa shape index (κ3) is 3.56. The maximum Gasteiger partial charge on any atom is 0.141 e. The van der Waals surface area contributed by atoms with Crippen LogP contribution in [0.2, 0.25) is 5.02 Å². The van der Waals surface area contributed by atoms with E-state index in [1.807, 2.05) is 0 Å². The van der Waals surface area contributed by atoms with Crippen LogP contribution in [-0.2, 0) is 0 Å². The Kier molecular flexibility index (Phi) is 4.79. The first kappa shape index (κ1) is 13.6. The minimum absolute atomic E-state index is 0.196. The van der Waals surface area contributed by atoms with Crippen molar-refractivity contribution in [2.75, 3.05) is 6.54 Å². The number of halogens is 2. The van der Waals surface area contributed by atoms with Crippen LogP contribution in [0.4, 0.5) is 4.39 Å². The van der Waals surface area contributed by atoms with Gasteiger partial charge in [-0.1, -0.05) is 29.8 Å². The highest BCUT2D eigenvalue weighted by atomic mass is 35.5. The highest BCUT2D eigenvalue weighted by Gasteiger charge is 2.12. The Morgan fingerprint density at radius 3 is 2.94 bits per heavy atom. The van der Waals surface area contributed by atoms with Crippen LogP contribution in [0.1, 0.15) is 37.8 Å². The Balaban J connectivity index is 1.88. The van der Waals surface area contributed by atoms with Crippen molar-refractivity contribution in [2.24, 2.45) is 5.92 Å². The van der Waals surface area contributed by atoms with E-state index in [1.54, 1.807) is 12.1 Å². The normalized spacial score (nSPS) is 20.9. The van der Waals surface area contributed by atoms with Crippen LogP contribution in [0.3, 0.4) is 0 Å². The number of allylic oxidation sites excluding steroid dienone is 2. The second kappa shape index (κ2) is 6.35. The summed E-state index contributed by atoms with van der Waals surface area (Å²) in [5, 5.41) is 3.70. The van der Waals surface area contributed by atoms with Gasteiger partial charge in [0.05, 0.1) is 5.02 Å². The molecule has 1 nitrogen and oxygen atoms in total. The zero-order valence-corrected chi connectivity index (χ0v) is 11.4. The number of nitrogens with one attached hydrogen (secondary N) is 1. The Morgan fingerprint density at radius 2 is 2.28 bits per heavy atom. The van der Waals surface area contributed by atoms with Crippen LogP contribution in [-0.4, -0.2) is 6.54 Å². The van der Waals surface area contributed by atoms with Gasteiger partial charge in [0.15, 0.2) is 0 Å². The molecule has 2 atom stereocenters. The molecular formula is C15H19ClFN. The second-order valence-electron chi connectivity index (χ2n) is 4.95. The minimum Gasteiger partial charge on any atom is -0.310 e. The first-order chi connectivity index (χ1) is 8.66. The lowest BCUT2D eigenvalue weighted by Crippen LogP contribution is -2.26. The van der Waals surface area contributed by atoms with Gasteiger partial charge in [-0.2, -0.15) is 0 Å². The summed E-state index contributed by atoms with van der Waals surface area (Å²) in [6, 6.07) is 5.13. The number of benzene rings is 1. The predicted octanol–water partition coefficient (Wildman–Crippen LogP) is 4.49. The van der Waals surface area contributed by atoms with Gasteiger partial charge in [-0.05, 0) is 56.3 Å². The lowest BCUT2D eigenvalue weighted by molar-refractivity contribution is 0.415. The molecule has 1 aliphatic carbocycles. The van der Waals surface area contributed by atoms with Gasteiger partial charge in [0.2, 0.25) is 0 Å². The zero-order chi connectivity index (χ0) is 13.0. The molecule has 0 amide bonds. The van der Waals surface area contributed by atoms with E-state index in [0.717, 1.165) is 18.5 Å². The van der Waals surface area contributed by atoms with Crippen molar-refractivity contribution in [3.8, 4) is 0 Å². The van der Waals surface area contributed by atoms with E-state index in [9.17, 15) is 4.39 Å². The molecule has 1 N–H and O–H groups in total. The number of hydrogen-bond donors (Lipinski definition) is 1. The van der Waals surface area contributed by atoms with Crippen LogP contribution < -0.4 is 5.32 Å². The summed E-state index contributed by atoms with van der Waals surface area (Å²) in [7, 11) is 0. The molecule has 1 aromatic rings. The highest BCUT2D eigenvalue weighted by molar-refractivity contribution is 6.30. The maximum atomic E-state index is 13.1. The highest BCUT2D eigenvalue weighted by Crippen LogP contribution is 2.22. The molecule has 0 bridgehead atoms. The quantitative estimate of drug-likeness (QED) is 0.793. The monoisotopic (exact) mass is 267 g/mol. The average Bonchev–Trinajstić information content (AvgIpc) is 2.40. The van der Waals surface area contributed by atoms with Gasteiger partial charge in [-0.15, -0.1) is 0 Å². The van der Waals surface area contributed by atoms with Crippen LogP contribution in [0.15, 0.2) is 30.4 Å². The summed E-state index contributed by atoms with van der Waals surface area (Å²) in [4.78, 5) is 0.